The topological polar surface area (TPSA) is 9.23 Å². The van der Waals surface area contributed by atoms with Gasteiger partial charge in [0.25, 0.3) is 0 Å². The van der Waals surface area contributed by atoms with Crippen LogP contribution in [0.5, 0.6) is 0 Å². The largest absolute Gasteiger partial charge is 0.375 e. The standard InChI is InChI=1S/C18H34O/c1-13(2)17-9-8-14(3)10-16(17)11-15(4)12-19-18(5,6)7/h11,13-15,17H,8-10,12H2,1-7H3/b16-11+/t14-,15+,17+/m1/s1. The second-order valence-corrected chi connectivity index (χ2v) is 7.88. The van der Waals surface area contributed by atoms with Gasteiger partial charge in [-0.2, -0.15) is 0 Å². The van der Waals surface area contributed by atoms with E-state index in [1.54, 1.807) is 5.57 Å². The van der Waals surface area contributed by atoms with Crippen molar-refractivity contribution in [1.29, 1.82) is 0 Å². The summed E-state index contributed by atoms with van der Waals surface area (Å²) in [5, 5.41) is 0. The third kappa shape index (κ3) is 6.12. The Balaban J connectivity index is 2.64. The number of ether oxygens (including phenoxy) is 1. The predicted molar refractivity (Wildman–Crippen MR) is 84.3 cm³/mol. The van der Waals surface area contributed by atoms with E-state index in [-0.39, 0.29) is 5.60 Å². The van der Waals surface area contributed by atoms with Crippen LogP contribution in [-0.2, 0) is 4.74 Å². The lowest BCUT2D eigenvalue weighted by Crippen LogP contribution is -2.24. The molecule has 19 heavy (non-hydrogen) atoms. The molecule has 0 spiro atoms. The lowest BCUT2D eigenvalue weighted by atomic mass is 9.73. The first kappa shape index (κ1) is 16.8. The Labute approximate surface area is 120 Å². The molecular weight excluding hydrogens is 232 g/mol. The highest BCUT2D eigenvalue weighted by Crippen LogP contribution is 2.38. The molecule has 112 valence electrons. The quantitative estimate of drug-likeness (QED) is 0.614. The van der Waals surface area contributed by atoms with Gasteiger partial charge in [0, 0.05) is 0 Å². The van der Waals surface area contributed by atoms with E-state index in [1.807, 2.05) is 0 Å². The summed E-state index contributed by atoms with van der Waals surface area (Å²) in [5.41, 5.74) is 1.67. The van der Waals surface area contributed by atoms with Gasteiger partial charge in [-0.1, -0.05) is 39.3 Å². The van der Waals surface area contributed by atoms with E-state index < -0.39 is 0 Å². The molecule has 0 radical (unpaired) electrons. The number of hydrogen-bond acceptors (Lipinski definition) is 1. The minimum absolute atomic E-state index is 0.0237. The van der Waals surface area contributed by atoms with Crippen molar-refractivity contribution in [1.82, 2.24) is 0 Å². The van der Waals surface area contributed by atoms with Crippen LogP contribution in [0.1, 0.15) is 67.7 Å². The summed E-state index contributed by atoms with van der Waals surface area (Å²) < 4.78 is 5.91. The van der Waals surface area contributed by atoms with Gasteiger partial charge in [-0.05, 0) is 63.7 Å². The smallest absolute Gasteiger partial charge is 0.0598 e. The molecule has 0 aromatic rings. The fourth-order valence-electron chi connectivity index (χ4n) is 3.05. The van der Waals surface area contributed by atoms with Crippen molar-refractivity contribution in [2.24, 2.45) is 23.7 Å². The fraction of sp³-hybridized carbons (Fsp3) is 0.889. The van der Waals surface area contributed by atoms with Crippen LogP contribution in [-0.4, -0.2) is 12.2 Å². The van der Waals surface area contributed by atoms with Crippen molar-refractivity contribution in [2.75, 3.05) is 6.61 Å². The van der Waals surface area contributed by atoms with Crippen molar-refractivity contribution < 1.29 is 4.74 Å². The summed E-state index contributed by atoms with van der Waals surface area (Å²) in [6.07, 6.45) is 6.57. The molecule has 0 bridgehead atoms. The zero-order valence-electron chi connectivity index (χ0n) is 14.1. The molecule has 1 fully saturated rings. The Hall–Kier alpha value is -0.300. The molecule has 0 unspecified atom stereocenters. The summed E-state index contributed by atoms with van der Waals surface area (Å²) in [6.45, 7) is 16.6. The summed E-state index contributed by atoms with van der Waals surface area (Å²) in [5.74, 6) is 2.96. The summed E-state index contributed by atoms with van der Waals surface area (Å²) in [6, 6.07) is 0. The summed E-state index contributed by atoms with van der Waals surface area (Å²) >= 11 is 0. The Morgan fingerprint density at radius 1 is 1.21 bits per heavy atom. The monoisotopic (exact) mass is 266 g/mol. The molecule has 0 aliphatic heterocycles. The lowest BCUT2D eigenvalue weighted by Gasteiger charge is -2.33. The molecule has 0 saturated heterocycles. The Bertz CT molecular complexity index is 295. The van der Waals surface area contributed by atoms with Gasteiger partial charge in [-0.25, -0.2) is 0 Å². The highest BCUT2D eigenvalue weighted by atomic mass is 16.5. The van der Waals surface area contributed by atoms with Crippen LogP contribution < -0.4 is 0 Å². The normalized spacial score (nSPS) is 28.9. The van der Waals surface area contributed by atoms with Crippen molar-refractivity contribution in [3.63, 3.8) is 0 Å². The van der Waals surface area contributed by atoms with E-state index in [2.05, 4.69) is 54.5 Å². The van der Waals surface area contributed by atoms with E-state index in [1.165, 1.54) is 19.3 Å². The molecule has 1 heteroatoms. The molecule has 0 aromatic carbocycles. The van der Waals surface area contributed by atoms with Gasteiger partial charge in [0.2, 0.25) is 0 Å². The van der Waals surface area contributed by atoms with Gasteiger partial charge < -0.3 is 4.74 Å². The molecule has 0 N–H and O–H groups in total. The van der Waals surface area contributed by atoms with Crippen molar-refractivity contribution >= 4 is 0 Å². The third-order valence-electron chi connectivity index (χ3n) is 4.11. The first-order chi connectivity index (χ1) is 8.69. The maximum atomic E-state index is 5.91. The molecule has 1 aliphatic carbocycles. The Morgan fingerprint density at radius 2 is 1.84 bits per heavy atom. The first-order valence-electron chi connectivity index (χ1n) is 8.03. The SMILES string of the molecule is CC(C)[C@@H]1CC[C@@H](C)C/C1=C\[C@H](C)COC(C)(C)C. The number of rotatable bonds is 4. The molecular formula is C18H34O. The lowest BCUT2D eigenvalue weighted by molar-refractivity contribution is -0.0132. The molecule has 1 nitrogen and oxygen atoms in total. The molecule has 1 saturated carbocycles. The molecule has 3 atom stereocenters. The predicted octanol–water partition coefficient (Wildman–Crippen LogP) is 5.46. The second-order valence-electron chi connectivity index (χ2n) is 7.88. The van der Waals surface area contributed by atoms with Gasteiger partial charge in [-0.3, -0.25) is 0 Å². The summed E-state index contributed by atoms with van der Waals surface area (Å²) in [7, 11) is 0. The second kappa shape index (κ2) is 6.92. The zero-order valence-corrected chi connectivity index (χ0v) is 14.1. The van der Waals surface area contributed by atoms with E-state index >= 15 is 0 Å². The van der Waals surface area contributed by atoms with Crippen molar-refractivity contribution in [3.8, 4) is 0 Å². The molecule has 0 aromatic heterocycles. The highest BCUT2D eigenvalue weighted by molar-refractivity contribution is 5.12. The van der Waals surface area contributed by atoms with Crippen LogP contribution in [0.3, 0.4) is 0 Å². The average molecular weight is 266 g/mol. The fourth-order valence-corrected chi connectivity index (χ4v) is 3.05. The van der Waals surface area contributed by atoms with E-state index in [0.29, 0.717) is 5.92 Å². The average Bonchev–Trinajstić information content (AvgIpc) is 2.25. The van der Waals surface area contributed by atoms with Crippen LogP contribution in [0.2, 0.25) is 0 Å². The third-order valence-corrected chi connectivity index (χ3v) is 4.11. The van der Waals surface area contributed by atoms with E-state index in [4.69, 9.17) is 4.74 Å². The summed E-state index contributed by atoms with van der Waals surface area (Å²) in [4.78, 5) is 0. The van der Waals surface area contributed by atoms with Crippen LogP contribution in [0.4, 0.5) is 0 Å². The van der Waals surface area contributed by atoms with Gasteiger partial charge in [0.05, 0.1) is 12.2 Å². The molecule has 0 amide bonds. The minimum atomic E-state index is -0.0237. The first-order valence-corrected chi connectivity index (χ1v) is 8.03. The maximum Gasteiger partial charge on any atom is 0.0598 e. The van der Waals surface area contributed by atoms with Gasteiger partial charge in [0.1, 0.15) is 0 Å². The molecule has 0 heterocycles. The highest BCUT2D eigenvalue weighted by Gasteiger charge is 2.25. The zero-order chi connectivity index (χ0) is 14.6. The Kier molecular flexibility index (Phi) is 6.11. The molecule has 1 rings (SSSR count). The Morgan fingerprint density at radius 3 is 2.37 bits per heavy atom. The van der Waals surface area contributed by atoms with Gasteiger partial charge in [0.15, 0.2) is 0 Å². The van der Waals surface area contributed by atoms with Crippen molar-refractivity contribution in [2.45, 2.75) is 73.3 Å². The van der Waals surface area contributed by atoms with E-state index in [9.17, 15) is 0 Å². The maximum absolute atomic E-state index is 5.91. The minimum Gasteiger partial charge on any atom is -0.375 e. The number of hydrogen-bond donors (Lipinski definition) is 0. The van der Waals surface area contributed by atoms with Crippen LogP contribution in [0.25, 0.3) is 0 Å². The van der Waals surface area contributed by atoms with Crippen LogP contribution in [0, 0.1) is 23.7 Å². The van der Waals surface area contributed by atoms with Crippen LogP contribution >= 0.6 is 0 Å². The van der Waals surface area contributed by atoms with Gasteiger partial charge >= 0.3 is 0 Å². The van der Waals surface area contributed by atoms with E-state index in [0.717, 1.165) is 24.4 Å². The number of allylic oxidation sites excluding steroid dienone is 1. The van der Waals surface area contributed by atoms with Crippen LogP contribution in [0.15, 0.2) is 11.6 Å². The van der Waals surface area contributed by atoms with Crippen molar-refractivity contribution in [3.05, 3.63) is 11.6 Å². The van der Waals surface area contributed by atoms with Gasteiger partial charge in [-0.15, -0.1) is 0 Å². The molecule has 1 aliphatic rings.